The number of carbonyl (C=O) groups is 12. The largest absolute Gasteiger partial charge is 0.506 e. The Bertz CT molecular complexity index is 2960. The Morgan fingerprint density at radius 3 is 2.12 bits per heavy atom. The number of benzene rings is 1. The van der Waals surface area contributed by atoms with Crippen LogP contribution in [0.15, 0.2) is 29.3 Å². The number of aromatic amines is 1. The number of phenolic OH excluding ortho intramolecular Hbond substituents is 1. The molecule has 5 aliphatic rings. The maximum Gasteiger partial charge on any atom is 0.253 e. The molecular weight excluding hydrogens is 1120 g/mol. The van der Waals surface area contributed by atoms with Crippen molar-refractivity contribution in [3.8, 4) is 5.75 Å². The molecule has 458 valence electrons. The molecule has 11 atom stereocenters. The third-order valence-electron chi connectivity index (χ3n) is 16.1. The van der Waals surface area contributed by atoms with E-state index in [0.717, 1.165) is 9.80 Å². The molecule has 13 N–H and O–H groups in total. The Hall–Kier alpha value is -7.83. The maximum atomic E-state index is 15.3. The van der Waals surface area contributed by atoms with Crippen molar-refractivity contribution < 1.29 is 82.2 Å². The Morgan fingerprint density at radius 1 is 0.798 bits per heavy atom. The average molecular weight is 1200 g/mol. The summed E-state index contributed by atoms with van der Waals surface area (Å²) in [5, 5.41) is 58.6. The fourth-order valence-corrected chi connectivity index (χ4v) is 12.5. The number of H-pyrrole nitrogens is 1. The molecule has 2 fully saturated rings. The molecule has 30 heteroatoms. The lowest BCUT2D eigenvalue weighted by Gasteiger charge is -2.36. The highest BCUT2D eigenvalue weighted by Crippen LogP contribution is 2.40. The number of imide groups is 1. The summed E-state index contributed by atoms with van der Waals surface area (Å²) in [5.74, 6) is -14.6. The van der Waals surface area contributed by atoms with Gasteiger partial charge >= 0.3 is 0 Å². The molecule has 84 heavy (non-hydrogen) atoms. The number of aliphatic hydroxyl groups excluding tert-OH is 3. The van der Waals surface area contributed by atoms with Crippen LogP contribution in [0, 0.1) is 17.8 Å². The van der Waals surface area contributed by atoms with Crippen molar-refractivity contribution in [1.82, 2.24) is 51.6 Å². The third-order valence-corrected chi connectivity index (χ3v) is 17.5. The van der Waals surface area contributed by atoms with Gasteiger partial charge in [0, 0.05) is 94.8 Å². The van der Waals surface area contributed by atoms with Crippen LogP contribution < -0.4 is 42.5 Å². The van der Waals surface area contributed by atoms with E-state index in [1.165, 1.54) is 31.2 Å². The van der Waals surface area contributed by atoms with Crippen molar-refractivity contribution in [3.05, 3.63) is 29.8 Å². The Morgan fingerprint density at radius 2 is 1.46 bits per heavy atom. The van der Waals surface area contributed by atoms with Crippen LogP contribution in [0.2, 0.25) is 0 Å². The lowest BCUT2D eigenvalue weighted by atomic mass is 9.93. The number of nitrogens with one attached hydrogen (secondary N) is 7. The molecule has 2 bridgehead atoms. The van der Waals surface area contributed by atoms with Crippen molar-refractivity contribution in [3.63, 3.8) is 0 Å². The number of carbonyl (C=O) groups excluding carboxylic acids is 12. The lowest BCUT2D eigenvalue weighted by Crippen LogP contribution is -2.61. The summed E-state index contributed by atoms with van der Waals surface area (Å²) in [5.41, 5.74) is 5.93. The van der Waals surface area contributed by atoms with Gasteiger partial charge in [-0.25, -0.2) is 0 Å². The number of aliphatic hydroxyl groups is 3. The van der Waals surface area contributed by atoms with Gasteiger partial charge in [-0.05, 0) is 36.5 Å². The zero-order chi connectivity index (χ0) is 61.3. The molecule has 6 heterocycles. The van der Waals surface area contributed by atoms with Gasteiger partial charge in [-0.1, -0.05) is 33.6 Å². The van der Waals surface area contributed by atoms with Crippen LogP contribution in [-0.4, -0.2) is 222 Å². The van der Waals surface area contributed by atoms with Crippen LogP contribution >= 0.6 is 0 Å². The molecule has 5 aliphatic heterocycles. The van der Waals surface area contributed by atoms with Gasteiger partial charge in [0.15, 0.2) is 5.78 Å². The molecule has 2 aromatic rings. The van der Waals surface area contributed by atoms with E-state index in [0.29, 0.717) is 25.7 Å². The number of Topliss-reactive ketones (excluding diaryl/α,β-unsaturated/α-hetero) is 1. The summed E-state index contributed by atoms with van der Waals surface area (Å²) in [6.45, 7) is 2.56. The average Bonchev–Trinajstić information content (AvgIpc) is 2.10. The molecule has 0 spiro atoms. The molecular formula is C54H74N12O17S. The fraction of sp³-hybridized carbons (Fsp3) is 0.593. The van der Waals surface area contributed by atoms with E-state index in [-0.39, 0.29) is 89.8 Å². The highest BCUT2D eigenvalue weighted by atomic mass is 32.2. The van der Waals surface area contributed by atoms with Gasteiger partial charge in [-0.3, -0.25) is 66.6 Å². The van der Waals surface area contributed by atoms with Crippen LogP contribution in [0.5, 0.6) is 5.75 Å². The Balaban J connectivity index is 1.32. The standard InChI is InChI=1S/C54H74N12O17S/c1-4-27(2)45-51(80)57-22-40(73)58-34-26-84(83)53-32(31-9-10-36(69)48(47(31)62-53)64-16-14-63(15-17-64)42(75)8-6-5-7-13-65-43(76)11-12-44(65)77)21-33(49(78)56-23-41(74)60-45)59-52(81)46(28(3)38(71)25-67)61-50(79)35-20-30(68)24-66(35)54(82)29(18-37(34)70)19-39(55)72/h9-12,27-30,33-35,38,45-46,62,67-69,71H,4-8,13-26H2,1-3H3,(H2,55,72)(H,56,78)(H,57,80)(H,58,73)(H,59,81)(H,60,74)(H,61,79)/t27-,28-,29-,30+,33+,34-,35-,38-,45-,46-,84?/m0/s1. The van der Waals surface area contributed by atoms with E-state index < -0.39 is 182 Å². The van der Waals surface area contributed by atoms with Crippen molar-refractivity contribution in [2.24, 2.45) is 23.5 Å². The third kappa shape index (κ3) is 15.1. The number of unbranched alkanes of at least 4 members (excludes halogenated alkanes) is 2. The summed E-state index contributed by atoms with van der Waals surface area (Å²) in [6.07, 6.45) is -1.25. The number of amides is 11. The van der Waals surface area contributed by atoms with E-state index in [1.54, 1.807) is 23.6 Å². The maximum absolute atomic E-state index is 15.3. The highest BCUT2D eigenvalue weighted by Gasteiger charge is 2.45. The van der Waals surface area contributed by atoms with Crippen molar-refractivity contribution in [2.45, 2.75) is 126 Å². The number of phenols is 1. The van der Waals surface area contributed by atoms with E-state index in [9.17, 15) is 78.0 Å². The van der Waals surface area contributed by atoms with Gasteiger partial charge in [-0.2, -0.15) is 0 Å². The predicted molar refractivity (Wildman–Crippen MR) is 297 cm³/mol. The summed E-state index contributed by atoms with van der Waals surface area (Å²) < 4.78 is 15.3. The second-order valence-corrected chi connectivity index (χ2v) is 23.4. The van der Waals surface area contributed by atoms with Crippen molar-refractivity contribution in [1.29, 1.82) is 0 Å². The molecule has 0 aliphatic carbocycles. The number of anilines is 1. The molecule has 0 saturated carbocycles. The monoisotopic (exact) mass is 1190 g/mol. The summed E-state index contributed by atoms with van der Waals surface area (Å²) >= 11 is 0. The van der Waals surface area contributed by atoms with Crippen LogP contribution in [0.1, 0.15) is 77.7 Å². The van der Waals surface area contributed by atoms with Crippen LogP contribution in [-0.2, 0) is 74.8 Å². The van der Waals surface area contributed by atoms with E-state index in [1.807, 2.05) is 0 Å². The normalized spacial score (nSPS) is 26.6. The summed E-state index contributed by atoms with van der Waals surface area (Å²) in [7, 11) is -2.49. The minimum Gasteiger partial charge on any atom is -0.506 e. The highest BCUT2D eigenvalue weighted by molar-refractivity contribution is 7.85. The zero-order valence-corrected chi connectivity index (χ0v) is 47.7. The number of nitrogens with two attached hydrogens (primary N) is 1. The van der Waals surface area contributed by atoms with Gasteiger partial charge in [0.2, 0.25) is 53.2 Å². The second-order valence-electron chi connectivity index (χ2n) is 21.9. The number of piperazine rings is 1. The summed E-state index contributed by atoms with van der Waals surface area (Å²) in [6, 6.07) is -5.52. The van der Waals surface area contributed by atoms with Gasteiger partial charge in [0.05, 0.1) is 65.9 Å². The van der Waals surface area contributed by atoms with Crippen LogP contribution in [0.3, 0.4) is 0 Å². The minimum atomic E-state index is -2.49. The number of primary amides is 1. The molecule has 0 radical (unpaired) electrons. The van der Waals surface area contributed by atoms with Crippen LogP contribution in [0.4, 0.5) is 5.69 Å². The van der Waals surface area contributed by atoms with Gasteiger partial charge in [0.1, 0.15) is 40.6 Å². The molecule has 29 nitrogen and oxygen atoms in total. The first-order valence-electron chi connectivity index (χ1n) is 28.1. The van der Waals surface area contributed by atoms with E-state index in [2.05, 4.69) is 36.9 Å². The number of ketones is 1. The number of hydrogen-bond acceptors (Lipinski definition) is 18. The lowest BCUT2D eigenvalue weighted by molar-refractivity contribution is -0.145. The molecule has 1 aromatic carbocycles. The number of aromatic nitrogens is 1. The SMILES string of the molecule is CC[C@H](C)[C@@H]1NC(=O)CNC(=O)[C@H]2Cc3c([nH]c4c(N5CCN(C(=O)CCCCCN6C(=O)C=CC6=O)CC5)c(O)ccc34)S(=O)C[C@H](NC(=O)CNC1=O)C(=O)C[C@@H](CC(N)=O)C(=O)N1C[C@H](O)C[C@H]1C(=O)N[C@@H]([C@@H](C)[C@@H](O)CO)C(=O)N2. The number of hydrogen-bond donors (Lipinski definition) is 12. The number of aromatic hydroxyl groups is 1. The van der Waals surface area contributed by atoms with Gasteiger partial charge < -0.3 is 77.7 Å². The first-order chi connectivity index (χ1) is 39.9. The molecule has 1 unspecified atom stereocenters. The predicted octanol–water partition coefficient (Wildman–Crippen LogP) is -4.70. The minimum absolute atomic E-state index is 0.0308. The molecule has 1 aromatic heterocycles. The van der Waals surface area contributed by atoms with Crippen LogP contribution in [0.25, 0.3) is 10.9 Å². The molecule has 11 amide bonds. The molecule has 2 saturated heterocycles. The number of fused-ring (bicyclic) bond motifs is 5. The summed E-state index contributed by atoms with van der Waals surface area (Å²) in [4.78, 5) is 173. The number of nitrogens with zero attached hydrogens (tertiary/aromatic N) is 4. The van der Waals surface area contributed by atoms with Gasteiger partial charge in [-0.15, -0.1) is 0 Å². The smallest absolute Gasteiger partial charge is 0.253 e. The zero-order valence-electron chi connectivity index (χ0n) is 46.9. The first-order valence-corrected chi connectivity index (χ1v) is 29.4. The Labute approximate surface area is 485 Å². The second kappa shape index (κ2) is 28.2. The van der Waals surface area contributed by atoms with Crippen molar-refractivity contribution >= 4 is 98.2 Å². The van der Waals surface area contributed by atoms with E-state index in [4.69, 9.17) is 5.73 Å². The Kier molecular flexibility index (Phi) is 21.4. The topological polar surface area (TPSA) is 430 Å². The van der Waals surface area contributed by atoms with E-state index >= 15 is 4.21 Å². The fourth-order valence-electron chi connectivity index (χ4n) is 11.1. The van der Waals surface area contributed by atoms with Gasteiger partial charge in [0.25, 0.3) is 11.8 Å². The first kappa shape index (κ1) is 63.7. The quantitative estimate of drug-likeness (QED) is 0.0625. The number of rotatable bonds is 14. The molecule has 7 rings (SSSR count). The van der Waals surface area contributed by atoms with Crippen molar-refractivity contribution in [2.75, 3.05) is 69.6 Å².